The van der Waals surface area contributed by atoms with Crippen LogP contribution in [0.15, 0.2) is 102 Å². The predicted octanol–water partition coefficient (Wildman–Crippen LogP) is 6.09. The van der Waals surface area contributed by atoms with E-state index in [4.69, 9.17) is 4.84 Å². The SMILES string of the molecule is CCC(ON=Cc1ccccc1N(C)C(=O)c1ccc(NC(=O)c2ccccc2-c2ccc(C)cc2)cc1)C(=O)N1CCN(C)CC1. The largest absolute Gasteiger partial charge is 0.382 e. The highest BCUT2D eigenvalue weighted by Gasteiger charge is 2.27. The molecule has 47 heavy (non-hydrogen) atoms. The molecule has 1 saturated heterocycles. The highest BCUT2D eigenvalue weighted by molar-refractivity contribution is 6.10. The van der Waals surface area contributed by atoms with Gasteiger partial charge in [-0.15, -0.1) is 0 Å². The van der Waals surface area contributed by atoms with Crippen LogP contribution in [-0.4, -0.2) is 80.1 Å². The summed E-state index contributed by atoms with van der Waals surface area (Å²) in [5.41, 5.74) is 5.86. The Kier molecular flexibility index (Phi) is 10.8. The summed E-state index contributed by atoms with van der Waals surface area (Å²) in [7, 11) is 3.74. The monoisotopic (exact) mass is 631 g/mol. The summed E-state index contributed by atoms with van der Waals surface area (Å²) >= 11 is 0. The van der Waals surface area contributed by atoms with Crippen LogP contribution in [0.5, 0.6) is 0 Å². The molecular formula is C38H41N5O4. The van der Waals surface area contributed by atoms with Crippen LogP contribution in [0.3, 0.4) is 0 Å². The van der Waals surface area contributed by atoms with E-state index in [0.29, 0.717) is 47.6 Å². The molecule has 0 saturated carbocycles. The van der Waals surface area contributed by atoms with E-state index < -0.39 is 6.10 Å². The fraction of sp³-hybridized carbons (Fsp3) is 0.263. The number of nitrogens with one attached hydrogen (secondary N) is 1. The molecule has 0 spiro atoms. The minimum Gasteiger partial charge on any atom is -0.382 e. The summed E-state index contributed by atoms with van der Waals surface area (Å²) in [6, 6.07) is 29.7. The van der Waals surface area contributed by atoms with Crippen LogP contribution in [0, 0.1) is 6.92 Å². The number of hydrogen-bond acceptors (Lipinski definition) is 6. The molecule has 4 aromatic rings. The van der Waals surface area contributed by atoms with Crippen molar-refractivity contribution in [1.82, 2.24) is 9.80 Å². The maximum atomic E-state index is 13.5. The van der Waals surface area contributed by atoms with Gasteiger partial charge in [0.1, 0.15) is 0 Å². The van der Waals surface area contributed by atoms with Gasteiger partial charge < -0.3 is 24.9 Å². The first kappa shape index (κ1) is 33.1. The molecule has 1 N–H and O–H groups in total. The Morgan fingerprint density at radius 2 is 1.55 bits per heavy atom. The molecule has 1 aliphatic rings. The lowest BCUT2D eigenvalue weighted by Gasteiger charge is -2.33. The maximum Gasteiger partial charge on any atom is 0.266 e. The van der Waals surface area contributed by atoms with Crippen molar-refractivity contribution in [1.29, 1.82) is 0 Å². The van der Waals surface area contributed by atoms with E-state index >= 15 is 0 Å². The Labute approximate surface area is 276 Å². The minimum atomic E-state index is -0.670. The van der Waals surface area contributed by atoms with Crippen molar-refractivity contribution in [3.05, 3.63) is 119 Å². The Balaban J connectivity index is 1.23. The Bertz CT molecular complexity index is 1730. The molecule has 1 fully saturated rings. The molecule has 1 atom stereocenters. The normalized spacial score (nSPS) is 14.1. The second kappa shape index (κ2) is 15.3. The van der Waals surface area contributed by atoms with E-state index in [1.807, 2.05) is 92.5 Å². The first-order valence-electron chi connectivity index (χ1n) is 15.9. The van der Waals surface area contributed by atoms with E-state index in [1.165, 1.54) is 6.21 Å². The van der Waals surface area contributed by atoms with E-state index in [1.54, 1.807) is 42.3 Å². The molecule has 0 aromatic heterocycles. The highest BCUT2D eigenvalue weighted by Crippen LogP contribution is 2.26. The van der Waals surface area contributed by atoms with Crippen LogP contribution in [0.25, 0.3) is 11.1 Å². The van der Waals surface area contributed by atoms with E-state index in [2.05, 4.69) is 15.4 Å². The number of piperazine rings is 1. The molecule has 0 aliphatic carbocycles. The van der Waals surface area contributed by atoms with E-state index in [0.717, 1.165) is 29.8 Å². The van der Waals surface area contributed by atoms with Gasteiger partial charge in [-0.05, 0) is 67.9 Å². The van der Waals surface area contributed by atoms with Gasteiger partial charge in [-0.2, -0.15) is 0 Å². The van der Waals surface area contributed by atoms with E-state index in [9.17, 15) is 14.4 Å². The quantitative estimate of drug-likeness (QED) is 0.169. The molecule has 4 aromatic carbocycles. The van der Waals surface area contributed by atoms with Crippen molar-refractivity contribution in [2.24, 2.45) is 5.16 Å². The average Bonchev–Trinajstić information content (AvgIpc) is 3.10. The summed E-state index contributed by atoms with van der Waals surface area (Å²) in [4.78, 5) is 51.0. The smallest absolute Gasteiger partial charge is 0.266 e. The molecule has 9 nitrogen and oxygen atoms in total. The third kappa shape index (κ3) is 8.12. The van der Waals surface area contributed by atoms with Crippen molar-refractivity contribution in [3.8, 4) is 11.1 Å². The third-order valence-corrected chi connectivity index (χ3v) is 8.37. The molecule has 1 unspecified atom stereocenters. The molecule has 0 radical (unpaired) electrons. The van der Waals surface area contributed by atoms with Gasteiger partial charge in [0, 0.05) is 55.6 Å². The van der Waals surface area contributed by atoms with Crippen LogP contribution >= 0.6 is 0 Å². The van der Waals surface area contributed by atoms with Gasteiger partial charge >= 0.3 is 0 Å². The van der Waals surface area contributed by atoms with Gasteiger partial charge in [-0.1, -0.05) is 78.3 Å². The molecule has 1 aliphatic heterocycles. The highest BCUT2D eigenvalue weighted by atomic mass is 16.6. The predicted molar refractivity (Wildman–Crippen MR) is 187 cm³/mol. The zero-order chi connectivity index (χ0) is 33.3. The molecule has 5 rings (SSSR count). The zero-order valence-electron chi connectivity index (χ0n) is 27.3. The maximum absolute atomic E-state index is 13.5. The van der Waals surface area contributed by atoms with Crippen molar-refractivity contribution < 1.29 is 19.2 Å². The summed E-state index contributed by atoms with van der Waals surface area (Å²) < 4.78 is 0. The number of carbonyl (C=O) groups is 3. The molecule has 9 heteroatoms. The Hall–Kier alpha value is -5.28. The number of anilines is 2. The van der Waals surface area contributed by atoms with Crippen molar-refractivity contribution in [2.75, 3.05) is 50.5 Å². The first-order valence-corrected chi connectivity index (χ1v) is 15.9. The second-order valence-electron chi connectivity index (χ2n) is 11.7. The van der Waals surface area contributed by atoms with Crippen LogP contribution < -0.4 is 10.2 Å². The molecule has 0 bridgehead atoms. The van der Waals surface area contributed by atoms with Crippen LogP contribution in [0.1, 0.15) is 45.2 Å². The number of nitrogens with zero attached hydrogens (tertiary/aromatic N) is 4. The fourth-order valence-electron chi connectivity index (χ4n) is 5.45. The number of para-hydroxylation sites is 1. The lowest BCUT2D eigenvalue weighted by molar-refractivity contribution is -0.145. The zero-order valence-corrected chi connectivity index (χ0v) is 27.3. The number of aryl methyl sites for hydroxylation is 1. The van der Waals surface area contributed by atoms with Crippen LogP contribution in [0.4, 0.5) is 11.4 Å². The summed E-state index contributed by atoms with van der Waals surface area (Å²) in [6.45, 7) is 6.93. The lowest BCUT2D eigenvalue weighted by atomic mass is 9.98. The first-order chi connectivity index (χ1) is 22.7. The van der Waals surface area contributed by atoms with Crippen LogP contribution in [-0.2, 0) is 9.63 Å². The lowest BCUT2D eigenvalue weighted by Crippen LogP contribution is -2.50. The molecular weight excluding hydrogens is 590 g/mol. The second-order valence-corrected chi connectivity index (χ2v) is 11.7. The molecule has 242 valence electrons. The van der Waals surface area contributed by atoms with Gasteiger partial charge in [0.25, 0.3) is 17.7 Å². The van der Waals surface area contributed by atoms with Gasteiger partial charge in [0.2, 0.25) is 6.10 Å². The van der Waals surface area contributed by atoms with Gasteiger partial charge in [0.05, 0.1) is 11.9 Å². The van der Waals surface area contributed by atoms with Gasteiger partial charge in [-0.3, -0.25) is 14.4 Å². The minimum absolute atomic E-state index is 0.0616. The number of likely N-dealkylation sites (N-methyl/N-ethyl adjacent to an activating group) is 1. The number of oxime groups is 1. The average molecular weight is 632 g/mol. The Morgan fingerprint density at radius 1 is 0.894 bits per heavy atom. The fourth-order valence-corrected chi connectivity index (χ4v) is 5.45. The van der Waals surface area contributed by atoms with Crippen molar-refractivity contribution >= 4 is 35.3 Å². The van der Waals surface area contributed by atoms with Crippen molar-refractivity contribution in [2.45, 2.75) is 26.4 Å². The van der Waals surface area contributed by atoms with Gasteiger partial charge in [-0.25, -0.2) is 0 Å². The van der Waals surface area contributed by atoms with E-state index in [-0.39, 0.29) is 17.7 Å². The van der Waals surface area contributed by atoms with Gasteiger partial charge in [0.15, 0.2) is 0 Å². The standard InChI is InChI=1S/C38H41N5O4/c1-5-35(38(46)43-24-22-41(3)23-25-43)47-39-26-30-10-6-9-13-34(30)42(4)37(45)29-18-20-31(21-19-29)40-36(44)33-12-8-7-11-32(33)28-16-14-27(2)15-17-28/h6-21,26,35H,5,22-25H2,1-4H3,(H,40,44). The molecule has 1 heterocycles. The topological polar surface area (TPSA) is 94.5 Å². The summed E-state index contributed by atoms with van der Waals surface area (Å²) in [6.07, 6.45) is 1.36. The van der Waals surface area contributed by atoms with Crippen molar-refractivity contribution in [3.63, 3.8) is 0 Å². The molecule has 3 amide bonds. The van der Waals surface area contributed by atoms with Crippen LogP contribution in [0.2, 0.25) is 0 Å². The Morgan fingerprint density at radius 3 is 2.26 bits per heavy atom. The number of carbonyl (C=O) groups excluding carboxylic acids is 3. The number of rotatable bonds is 10. The number of benzene rings is 4. The number of hydrogen-bond donors (Lipinski definition) is 1. The summed E-state index contributed by atoms with van der Waals surface area (Å²) in [5.74, 6) is -0.525. The number of amides is 3. The third-order valence-electron chi connectivity index (χ3n) is 8.37. The summed E-state index contributed by atoms with van der Waals surface area (Å²) in [5, 5.41) is 7.11.